The van der Waals surface area contributed by atoms with Crippen LogP contribution in [0.1, 0.15) is 58.3 Å². The first-order chi connectivity index (χ1) is 7.43. The Labute approximate surface area is 95.5 Å². The highest BCUT2D eigenvalue weighted by molar-refractivity contribution is 4.85. The molecule has 0 aromatic rings. The summed E-state index contributed by atoms with van der Waals surface area (Å²) in [5.74, 6) is 0. The topological polar surface area (TPSA) is 3.24 Å². The Hall–Kier alpha value is -0.300. The van der Waals surface area contributed by atoms with Gasteiger partial charge in [0.1, 0.15) is 0 Å². The second-order valence-corrected chi connectivity index (χ2v) is 4.68. The minimum absolute atomic E-state index is 1.19. The van der Waals surface area contributed by atoms with E-state index in [4.69, 9.17) is 0 Å². The van der Waals surface area contributed by atoms with Gasteiger partial charge in [-0.2, -0.15) is 0 Å². The minimum Gasteiger partial charge on any atom is -0.300 e. The van der Waals surface area contributed by atoms with E-state index in [9.17, 15) is 0 Å². The van der Waals surface area contributed by atoms with Gasteiger partial charge >= 0.3 is 0 Å². The van der Waals surface area contributed by atoms with Gasteiger partial charge in [0.05, 0.1) is 0 Å². The van der Waals surface area contributed by atoms with Gasteiger partial charge in [-0.05, 0) is 38.8 Å². The lowest BCUT2D eigenvalue weighted by atomic mass is 10.1. The molecule has 1 heteroatoms. The third-order valence-electron chi connectivity index (χ3n) is 3.20. The van der Waals surface area contributed by atoms with E-state index in [2.05, 4.69) is 24.0 Å². The quantitative estimate of drug-likeness (QED) is 0.452. The molecule has 0 radical (unpaired) electrons. The van der Waals surface area contributed by atoms with Crippen molar-refractivity contribution in [3.05, 3.63) is 12.2 Å². The molecular formula is C14H27N. The first-order valence-corrected chi connectivity index (χ1v) is 6.81. The van der Waals surface area contributed by atoms with Crippen molar-refractivity contribution in [2.24, 2.45) is 0 Å². The second kappa shape index (κ2) is 8.96. The molecule has 1 fully saturated rings. The maximum absolute atomic E-state index is 2.58. The molecular weight excluding hydrogens is 182 g/mol. The van der Waals surface area contributed by atoms with Crippen molar-refractivity contribution >= 4 is 0 Å². The number of unbranched alkanes of at least 4 members (excludes halogenated alkanes) is 4. The van der Waals surface area contributed by atoms with Crippen LogP contribution in [-0.2, 0) is 0 Å². The molecule has 0 N–H and O–H groups in total. The highest BCUT2D eigenvalue weighted by atomic mass is 15.1. The molecule has 1 heterocycles. The maximum Gasteiger partial charge on any atom is 0.0163 e. The summed E-state index contributed by atoms with van der Waals surface area (Å²) in [7, 11) is 0. The largest absolute Gasteiger partial charge is 0.300 e. The van der Waals surface area contributed by atoms with E-state index in [1.807, 2.05) is 0 Å². The van der Waals surface area contributed by atoms with E-state index in [1.165, 1.54) is 71.0 Å². The fourth-order valence-electron chi connectivity index (χ4n) is 2.17. The number of piperidine rings is 1. The normalized spacial score (nSPS) is 18.7. The van der Waals surface area contributed by atoms with Crippen LogP contribution in [0.3, 0.4) is 0 Å². The van der Waals surface area contributed by atoms with Gasteiger partial charge in [-0.3, -0.25) is 4.90 Å². The van der Waals surface area contributed by atoms with E-state index < -0.39 is 0 Å². The number of likely N-dealkylation sites (tertiary alicyclic amines) is 1. The Morgan fingerprint density at radius 2 is 1.73 bits per heavy atom. The van der Waals surface area contributed by atoms with Gasteiger partial charge in [0.2, 0.25) is 0 Å². The lowest BCUT2D eigenvalue weighted by Gasteiger charge is -2.24. The summed E-state index contributed by atoms with van der Waals surface area (Å²) in [5.41, 5.74) is 0. The van der Waals surface area contributed by atoms with Crippen LogP contribution in [0.25, 0.3) is 0 Å². The van der Waals surface area contributed by atoms with E-state index >= 15 is 0 Å². The van der Waals surface area contributed by atoms with Crippen LogP contribution < -0.4 is 0 Å². The van der Waals surface area contributed by atoms with Crippen LogP contribution in [0.2, 0.25) is 0 Å². The monoisotopic (exact) mass is 209 g/mol. The Kier molecular flexibility index (Phi) is 7.63. The molecule has 0 aromatic heterocycles. The molecule has 0 unspecified atom stereocenters. The fraction of sp³-hybridized carbons (Fsp3) is 0.857. The van der Waals surface area contributed by atoms with Crippen molar-refractivity contribution in [2.45, 2.75) is 58.3 Å². The standard InChI is InChI=1S/C14H27N/c1-2-3-4-5-6-7-9-12-15-13-10-8-11-14-15/h7,9H,2-6,8,10-14H2,1H3/b9-7+. The Morgan fingerprint density at radius 1 is 0.933 bits per heavy atom. The molecule has 1 aliphatic rings. The molecule has 1 saturated heterocycles. The van der Waals surface area contributed by atoms with E-state index in [1.54, 1.807) is 0 Å². The van der Waals surface area contributed by atoms with Gasteiger partial charge in [-0.25, -0.2) is 0 Å². The Balaban J connectivity index is 1.91. The number of rotatable bonds is 7. The average molecular weight is 209 g/mol. The Morgan fingerprint density at radius 3 is 2.47 bits per heavy atom. The summed E-state index contributed by atoms with van der Waals surface area (Å²) in [6.07, 6.45) is 15.8. The van der Waals surface area contributed by atoms with Gasteiger partial charge in [-0.1, -0.05) is 44.8 Å². The smallest absolute Gasteiger partial charge is 0.0163 e. The summed E-state index contributed by atoms with van der Waals surface area (Å²) in [6, 6.07) is 0. The zero-order valence-corrected chi connectivity index (χ0v) is 10.4. The summed E-state index contributed by atoms with van der Waals surface area (Å²) < 4.78 is 0. The molecule has 0 aliphatic carbocycles. The van der Waals surface area contributed by atoms with Gasteiger partial charge in [-0.15, -0.1) is 0 Å². The SMILES string of the molecule is CCCCCC/C=C/CN1CCCCC1. The summed E-state index contributed by atoms with van der Waals surface area (Å²) in [5, 5.41) is 0. The lowest BCUT2D eigenvalue weighted by Crippen LogP contribution is -2.29. The molecule has 88 valence electrons. The zero-order valence-electron chi connectivity index (χ0n) is 10.4. The number of hydrogen-bond acceptors (Lipinski definition) is 1. The maximum atomic E-state index is 2.58. The predicted octanol–water partition coefficient (Wildman–Crippen LogP) is 4.00. The molecule has 15 heavy (non-hydrogen) atoms. The first-order valence-electron chi connectivity index (χ1n) is 6.81. The summed E-state index contributed by atoms with van der Waals surface area (Å²) in [6.45, 7) is 6.10. The third-order valence-corrected chi connectivity index (χ3v) is 3.20. The van der Waals surface area contributed by atoms with Crippen molar-refractivity contribution < 1.29 is 0 Å². The number of nitrogens with zero attached hydrogens (tertiary/aromatic N) is 1. The molecule has 0 aromatic carbocycles. The fourth-order valence-corrected chi connectivity index (χ4v) is 2.17. The van der Waals surface area contributed by atoms with Crippen molar-refractivity contribution in [1.29, 1.82) is 0 Å². The number of hydrogen-bond donors (Lipinski definition) is 0. The van der Waals surface area contributed by atoms with Crippen LogP contribution in [0.5, 0.6) is 0 Å². The number of allylic oxidation sites excluding steroid dienone is 1. The van der Waals surface area contributed by atoms with Gasteiger partial charge in [0.25, 0.3) is 0 Å². The van der Waals surface area contributed by atoms with Crippen LogP contribution in [0.15, 0.2) is 12.2 Å². The van der Waals surface area contributed by atoms with E-state index in [0.717, 1.165) is 0 Å². The molecule has 1 rings (SSSR count). The molecule has 0 spiro atoms. The second-order valence-electron chi connectivity index (χ2n) is 4.68. The van der Waals surface area contributed by atoms with E-state index in [0.29, 0.717) is 0 Å². The van der Waals surface area contributed by atoms with Crippen LogP contribution in [-0.4, -0.2) is 24.5 Å². The van der Waals surface area contributed by atoms with E-state index in [-0.39, 0.29) is 0 Å². The highest BCUT2D eigenvalue weighted by Crippen LogP contribution is 2.08. The van der Waals surface area contributed by atoms with Crippen LogP contribution in [0, 0.1) is 0 Å². The summed E-state index contributed by atoms with van der Waals surface area (Å²) >= 11 is 0. The molecule has 0 saturated carbocycles. The van der Waals surface area contributed by atoms with Crippen molar-refractivity contribution in [2.75, 3.05) is 19.6 Å². The first kappa shape index (κ1) is 12.8. The molecule has 1 aliphatic heterocycles. The molecule has 1 nitrogen and oxygen atoms in total. The molecule has 0 amide bonds. The highest BCUT2D eigenvalue weighted by Gasteiger charge is 2.06. The van der Waals surface area contributed by atoms with Gasteiger partial charge < -0.3 is 0 Å². The lowest BCUT2D eigenvalue weighted by molar-refractivity contribution is 0.251. The molecule has 0 atom stereocenters. The van der Waals surface area contributed by atoms with Crippen molar-refractivity contribution in [1.82, 2.24) is 4.90 Å². The van der Waals surface area contributed by atoms with Crippen LogP contribution >= 0.6 is 0 Å². The van der Waals surface area contributed by atoms with Crippen molar-refractivity contribution in [3.8, 4) is 0 Å². The van der Waals surface area contributed by atoms with Gasteiger partial charge in [0.15, 0.2) is 0 Å². The van der Waals surface area contributed by atoms with Crippen LogP contribution in [0.4, 0.5) is 0 Å². The average Bonchev–Trinajstić information content (AvgIpc) is 2.29. The zero-order chi connectivity index (χ0) is 10.8. The van der Waals surface area contributed by atoms with Gasteiger partial charge in [0, 0.05) is 6.54 Å². The summed E-state index contributed by atoms with van der Waals surface area (Å²) in [4.78, 5) is 2.58. The Bertz CT molecular complexity index is 157. The molecule has 0 bridgehead atoms. The minimum atomic E-state index is 1.19. The van der Waals surface area contributed by atoms with Crippen molar-refractivity contribution in [3.63, 3.8) is 0 Å². The predicted molar refractivity (Wildman–Crippen MR) is 68.2 cm³/mol. The third kappa shape index (κ3) is 6.72.